The number of aliphatic imine (C=N–C) groups is 1. The molecular formula is C10H22IN3O2. The predicted octanol–water partition coefficient (Wildman–Crippen LogP) is 0.595. The van der Waals surface area contributed by atoms with Gasteiger partial charge in [0.15, 0.2) is 5.96 Å². The maximum atomic E-state index is 5.63. The summed E-state index contributed by atoms with van der Waals surface area (Å²) in [6.07, 6.45) is 2.33. The Balaban J connectivity index is 0.00000225. The molecule has 0 radical (unpaired) electrons. The van der Waals surface area contributed by atoms with Crippen LogP contribution in [0.5, 0.6) is 0 Å². The molecule has 1 atom stereocenters. The molecule has 96 valence electrons. The van der Waals surface area contributed by atoms with Crippen molar-refractivity contribution >= 4 is 29.9 Å². The van der Waals surface area contributed by atoms with Crippen LogP contribution in [-0.4, -0.2) is 52.5 Å². The molecule has 1 heterocycles. The van der Waals surface area contributed by atoms with Gasteiger partial charge in [-0.15, -0.1) is 24.0 Å². The normalized spacial score (nSPS) is 20.4. The number of hydrogen-bond donors (Lipinski definition) is 2. The molecule has 0 amide bonds. The van der Waals surface area contributed by atoms with Gasteiger partial charge < -0.3 is 20.1 Å². The van der Waals surface area contributed by atoms with Crippen molar-refractivity contribution in [3.63, 3.8) is 0 Å². The van der Waals surface area contributed by atoms with E-state index in [-0.39, 0.29) is 24.0 Å². The van der Waals surface area contributed by atoms with Gasteiger partial charge in [0.2, 0.25) is 0 Å². The highest BCUT2D eigenvalue weighted by atomic mass is 127. The Hall–Kier alpha value is -0.0800. The van der Waals surface area contributed by atoms with Crippen LogP contribution in [0.4, 0.5) is 0 Å². The lowest BCUT2D eigenvalue weighted by Crippen LogP contribution is -2.35. The molecule has 0 aromatic rings. The first-order valence-corrected chi connectivity index (χ1v) is 5.44. The quantitative estimate of drug-likeness (QED) is 0.332. The van der Waals surface area contributed by atoms with Gasteiger partial charge in [-0.2, -0.15) is 0 Å². The van der Waals surface area contributed by atoms with Crippen LogP contribution in [0.15, 0.2) is 4.99 Å². The highest BCUT2D eigenvalue weighted by Crippen LogP contribution is 2.07. The summed E-state index contributed by atoms with van der Waals surface area (Å²) >= 11 is 0. The van der Waals surface area contributed by atoms with E-state index in [0.717, 1.165) is 45.2 Å². The summed E-state index contributed by atoms with van der Waals surface area (Å²) in [5.41, 5.74) is 0. The van der Waals surface area contributed by atoms with E-state index in [2.05, 4.69) is 15.6 Å². The Kier molecular flexibility index (Phi) is 10.0. The molecule has 0 saturated carbocycles. The fourth-order valence-corrected chi connectivity index (χ4v) is 1.45. The van der Waals surface area contributed by atoms with E-state index in [4.69, 9.17) is 9.47 Å². The second kappa shape index (κ2) is 10.1. The number of halogens is 1. The largest absolute Gasteiger partial charge is 0.379 e. The zero-order valence-corrected chi connectivity index (χ0v) is 12.3. The molecule has 5 nitrogen and oxygen atoms in total. The Morgan fingerprint density at radius 3 is 2.94 bits per heavy atom. The first-order valence-electron chi connectivity index (χ1n) is 5.44. The lowest BCUT2D eigenvalue weighted by Gasteiger charge is -2.11. The van der Waals surface area contributed by atoms with E-state index in [1.54, 1.807) is 7.05 Å². The third-order valence-electron chi connectivity index (χ3n) is 2.32. The summed E-state index contributed by atoms with van der Waals surface area (Å²) in [7, 11) is 3.60. The highest BCUT2D eigenvalue weighted by molar-refractivity contribution is 14.0. The SMILES string of the molecule is CN=C(NC)NCCCOC1CCOC1.I. The summed E-state index contributed by atoms with van der Waals surface area (Å²) < 4.78 is 10.8. The van der Waals surface area contributed by atoms with Crippen molar-refractivity contribution < 1.29 is 9.47 Å². The minimum atomic E-state index is 0. The van der Waals surface area contributed by atoms with Crippen molar-refractivity contribution in [2.75, 3.05) is 40.5 Å². The van der Waals surface area contributed by atoms with Crippen molar-refractivity contribution in [1.29, 1.82) is 0 Å². The van der Waals surface area contributed by atoms with E-state index >= 15 is 0 Å². The molecule has 1 saturated heterocycles. The van der Waals surface area contributed by atoms with Gasteiger partial charge in [0, 0.05) is 33.9 Å². The van der Waals surface area contributed by atoms with Crippen LogP contribution in [-0.2, 0) is 9.47 Å². The summed E-state index contributed by atoms with van der Waals surface area (Å²) in [5, 5.41) is 6.13. The second-order valence-electron chi connectivity index (χ2n) is 3.46. The first kappa shape index (κ1) is 15.9. The number of nitrogens with one attached hydrogen (secondary N) is 2. The van der Waals surface area contributed by atoms with Crippen LogP contribution in [0, 0.1) is 0 Å². The molecule has 1 aliphatic rings. The molecule has 16 heavy (non-hydrogen) atoms. The van der Waals surface area contributed by atoms with Crippen LogP contribution in [0.3, 0.4) is 0 Å². The topological polar surface area (TPSA) is 54.9 Å². The molecule has 0 aliphatic carbocycles. The van der Waals surface area contributed by atoms with Crippen LogP contribution in [0.25, 0.3) is 0 Å². The minimum absolute atomic E-state index is 0. The lowest BCUT2D eigenvalue weighted by atomic mass is 10.3. The van der Waals surface area contributed by atoms with Gasteiger partial charge in [0.05, 0.1) is 12.7 Å². The number of ether oxygens (including phenoxy) is 2. The molecule has 1 fully saturated rings. The molecule has 1 aliphatic heterocycles. The Morgan fingerprint density at radius 2 is 2.38 bits per heavy atom. The standard InChI is InChI=1S/C10H21N3O2.HI/c1-11-10(12-2)13-5-3-6-15-9-4-7-14-8-9;/h9H,3-8H2,1-2H3,(H2,11,12,13);1H. The average molecular weight is 343 g/mol. The van der Waals surface area contributed by atoms with Crippen molar-refractivity contribution in [2.24, 2.45) is 4.99 Å². The van der Waals surface area contributed by atoms with Crippen molar-refractivity contribution in [3.05, 3.63) is 0 Å². The van der Waals surface area contributed by atoms with E-state index in [1.807, 2.05) is 7.05 Å². The Morgan fingerprint density at radius 1 is 1.56 bits per heavy atom. The van der Waals surface area contributed by atoms with Gasteiger partial charge in [0.25, 0.3) is 0 Å². The van der Waals surface area contributed by atoms with Crippen molar-refractivity contribution in [1.82, 2.24) is 10.6 Å². The summed E-state index contributed by atoms with van der Waals surface area (Å²) in [6, 6.07) is 0. The Bertz CT molecular complexity index is 197. The maximum Gasteiger partial charge on any atom is 0.190 e. The lowest BCUT2D eigenvalue weighted by molar-refractivity contribution is 0.0420. The molecule has 1 rings (SSSR count). The van der Waals surface area contributed by atoms with Gasteiger partial charge >= 0.3 is 0 Å². The van der Waals surface area contributed by atoms with E-state index in [9.17, 15) is 0 Å². The van der Waals surface area contributed by atoms with Crippen LogP contribution in [0.1, 0.15) is 12.8 Å². The van der Waals surface area contributed by atoms with Crippen molar-refractivity contribution in [3.8, 4) is 0 Å². The zero-order chi connectivity index (χ0) is 10.9. The number of nitrogens with zero attached hydrogens (tertiary/aromatic N) is 1. The van der Waals surface area contributed by atoms with Gasteiger partial charge in [-0.25, -0.2) is 0 Å². The smallest absolute Gasteiger partial charge is 0.190 e. The third kappa shape index (κ3) is 6.49. The van der Waals surface area contributed by atoms with Gasteiger partial charge in [-0.05, 0) is 12.8 Å². The molecule has 0 spiro atoms. The maximum absolute atomic E-state index is 5.63. The average Bonchev–Trinajstić information content (AvgIpc) is 2.76. The molecule has 0 aromatic heterocycles. The summed E-state index contributed by atoms with van der Waals surface area (Å²) in [4.78, 5) is 4.02. The molecular weight excluding hydrogens is 321 g/mol. The van der Waals surface area contributed by atoms with Crippen LogP contribution in [0.2, 0.25) is 0 Å². The van der Waals surface area contributed by atoms with E-state index < -0.39 is 0 Å². The third-order valence-corrected chi connectivity index (χ3v) is 2.32. The zero-order valence-electron chi connectivity index (χ0n) is 9.99. The molecule has 1 unspecified atom stereocenters. The molecule has 0 aromatic carbocycles. The Labute approximate surface area is 114 Å². The first-order chi connectivity index (χ1) is 7.36. The predicted molar refractivity (Wildman–Crippen MR) is 75.6 cm³/mol. The fourth-order valence-electron chi connectivity index (χ4n) is 1.45. The highest BCUT2D eigenvalue weighted by Gasteiger charge is 2.15. The van der Waals surface area contributed by atoms with Gasteiger partial charge in [-0.1, -0.05) is 0 Å². The monoisotopic (exact) mass is 343 g/mol. The molecule has 2 N–H and O–H groups in total. The van der Waals surface area contributed by atoms with E-state index in [1.165, 1.54) is 0 Å². The number of rotatable bonds is 5. The fraction of sp³-hybridized carbons (Fsp3) is 0.900. The van der Waals surface area contributed by atoms with Gasteiger partial charge in [0.1, 0.15) is 0 Å². The van der Waals surface area contributed by atoms with Crippen LogP contribution < -0.4 is 10.6 Å². The number of guanidine groups is 1. The second-order valence-corrected chi connectivity index (χ2v) is 3.46. The summed E-state index contributed by atoms with van der Waals surface area (Å²) in [5.74, 6) is 0.819. The minimum Gasteiger partial charge on any atom is -0.379 e. The molecule has 0 bridgehead atoms. The molecule has 6 heteroatoms. The van der Waals surface area contributed by atoms with Crippen LogP contribution >= 0.6 is 24.0 Å². The van der Waals surface area contributed by atoms with E-state index in [0.29, 0.717) is 6.10 Å². The number of hydrogen-bond acceptors (Lipinski definition) is 3. The van der Waals surface area contributed by atoms with Gasteiger partial charge in [-0.3, -0.25) is 4.99 Å². The summed E-state index contributed by atoms with van der Waals surface area (Å²) in [6.45, 7) is 3.25. The van der Waals surface area contributed by atoms with Crippen molar-refractivity contribution in [2.45, 2.75) is 18.9 Å².